The predicted octanol–water partition coefficient (Wildman–Crippen LogP) is 2.11. The number of carbonyl (C=O) groups is 1. The van der Waals surface area contributed by atoms with Gasteiger partial charge in [0, 0.05) is 31.6 Å². The average molecular weight is 404 g/mol. The van der Waals surface area contributed by atoms with Gasteiger partial charge in [-0.05, 0) is 45.1 Å². The van der Waals surface area contributed by atoms with Crippen molar-refractivity contribution < 1.29 is 9.53 Å². The van der Waals surface area contributed by atoms with Crippen LogP contribution in [0, 0.1) is 5.92 Å². The molecule has 0 aromatic heterocycles. The maximum atomic E-state index is 12.2. The van der Waals surface area contributed by atoms with Crippen molar-refractivity contribution in [2.45, 2.75) is 39.3 Å². The highest BCUT2D eigenvalue weighted by Crippen LogP contribution is 2.21. The van der Waals surface area contributed by atoms with Gasteiger partial charge in [0.05, 0.1) is 19.7 Å². The van der Waals surface area contributed by atoms with Crippen molar-refractivity contribution in [3.8, 4) is 5.75 Å². The number of carbonyl (C=O) groups excluding carboxylic acids is 1. The van der Waals surface area contributed by atoms with Gasteiger partial charge in [0.25, 0.3) is 0 Å². The van der Waals surface area contributed by atoms with Crippen molar-refractivity contribution >= 4 is 11.9 Å². The Morgan fingerprint density at radius 2 is 2.00 bits per heavy atom. The number of nitrogens with one attached hydrogen (secondary N) is 2. The molecule has 0 saturated carbocycles. The van der Waals surface area contributed by atoms with Gasteiger partial charge in [-0.2, -0.15) is 0 Å². The molecule has 1 amide bonds. The van der Waals surface area contributed by atoms with Crippen LogP contribution in [0.1, 0.15) is 38.8 Å². The van der Waals surface area contributed by atoms with Crippen LogP contribution in [-0.4, -0.2) is 75.1 Å². The number of hydrogen-bond donors (Lipinski definition) is 2. The number of methoxy groups -OCH3 is 1. The Morgan fingerprint density at radius 3 is 2.55 bits per heavy atom. The first-order chi connectivity index (χ1) is 13.8. The smallest absolute Gasteiger partial charge is 0.225 e. The number of aliphatic imine (C=N–C) groups is 1. The van der Waals surface area contributed by atoms with Crippen LogP contribution < -0.4 is 15.4 Å². The Morgan fingerprint density at radius 1 is 1.31 bits per heavy atom. The molecule has 1 fully saturated rings. The second kappa shape index (κ2) is 11.0. The number of hydrogen-bond acceptors (Lipinski definition) is 4. The fourth-order valence-electron chi connectivity index (χ4n) is 3.53. The monoisotopic (exact) mass is 403 g/mol. The first-order valence-corrected chi connectivity index (χ1v) is 10.5. The molecule has 1 aromatic carbocycles. The van der Waals surface area contributed by atoms with E-state index in [1.165, 1.54) is 5.56 Å². The Bertz CT molecular complexity index is 672. The summed E-state index contributed by atoms with van der Waals surface area (Å²) in [6.45, 7) is 8.94. The molecule has 2 unspecified atom stereocenters. The van der Waals surface area contributed by atoms with E-state index >= 15 is 0 Å². The molecular formula is C22H37N5O2. The zero-order chi connectivity index (χ0) is 21.4. The average Bonchev–Trinajstić information content (AvgIpc) is 3.16. The number of rotatable bonds is 8. The molecule has 0 spiro atoms. The minimum atomic E-state index is 0.0426. The lowest BCUT2D eigenvalue weighted by Crippen LogP contribution is -2.45. The Kier molecular flexibility index (Phi) is 8.76. The van der Waals surface area contributed by atoms with Gasteiger partial charge in [-0.3, -0.25) is 9.79 Å². The molecule has 2 N–H and O–H groups in total. The largest absolute Gasteiger partial charge is 0.497 e. The summed E-state index contributed by atoms with van der Waals surface area (Å²) in [4.78, 5) is 21.2. The molecule has 2 atom stereocenters. The van der Waals surface area contributed by atoms with Gasteiger partial charge in [-0.1, -0.05) is 26.0 Å². The third-order valence-electron chi connectivity index (χ3n) is 5.23. The summed E-state index contributed by atoms with van der Waals surface area (Å²) in [7, 11) is 5.81. The Labute approximate surface area is 175 Å². The van der Waals surface area contributed by atoms with E-state index in [2.05, 4.69) is 48.7 Å². The third-order valence-corrected chi connectivity index (χ3v) is 5.23. The lowest BCUT2D eigenvalue weighted by molar-refractivity contribution is -0.133. The minimum absolute atomic E-state index is 0.0426. The van der Waals surface area contributed by atoms with Crippen LogP contribution in [0.2, 0.25) is 0 Å². The molecule has 2 rings (SSSR count). The van der Waals surface area contributed by atoms with Crippen molar-refractivity contribution in [2.75, 3.05) is 47.4 Å². The molecule has 0 aliphatic carbocycles. The number of ether oxygens (including phenoxy) is 1. The zero-order valence-corrected chi connectivity index (χ0v) is 18.7. The lowest BCUT2D eigenvalue weighted by Gasteiger charge is -2.24. The number of amides is 1. The predicted molar refractivity (Wildman–Crippen MR) is 118 cm³/mol. The van der Waals surface area contributed by atoms with Crippen molar-refractivity contribution in [2.24, 2.45) is 10.9 Å². The molecule has 162 valence electrons. The van der Waals surface area contributed by atoms with E-state index in [9.17, 15) is 4.79 Å². The van der Waals surface area contributed by atoms with Crippen molar-refractivity contribution in [3.05, 3.63) is 29.8 Å². The summed E-state index contributed by atoms with van der Waals surface area (Å²) in [5, 5.41) is 6.85. The van der Waals surface area contributed by atoms with Gasteiger partial charge in [0.15, 0.2) is 5.96 Å². The van der Waals surface area contributed by atoms with Gasteiger partial charge in [0.2, 0.25) is 5.91 Å². The van der Waals surface area contributed by atoms with Crippen LogP contribution in [0.15, 0.2) is 29.3 Å². The maximum absolute atomic E-state index is 12.2. The van der Waals surface area contributed by atoms with Gasteiger partial charge < -0.3 is 25.2 Å². The van der Waals surface area contributed by atoms with Crippen LogP contribution in [0.25, 0.3) is 0 Å². The molecule has 1 aliphatic heterocycles. The first kappa shape index (κ1) is 23.0. The fourth-order valence-corrected chi connectivity index (χ4v) is 3.53. The second-order valence-corrected chi connectivity index (χ2v) is 8.04. The van der Waals surface area contributed by atoms with E-state index in [0.717, 1.165) is 37.8 Å². The molecule has 7 heteroatoms. The summed E-state index contributed by atoms with van der Waals surface area (Å²) < 4.78 is 5.26. The quantitative estimate of drug-likeness (QED) is 0.514. The molecule has 1 saturated heterocycles. The van der Waals surface area contributed by atoms with Crippen LogP contribution in [0.5, 0.6) is 5.75 Å². The fraction of sp³-hybridized carbons (Fsp3) is 0.636. The number of nitrogens with zero attached hydrogens (tertiary/aromatic N) is 3. The summed E-state index contributed by atoms with van der Waals surface area (Å²) in [6, 6.07) is 8.54. The van der Waals surface area contributed by atoms with Crippen LogP contribution in [0.3, 0.4) is 0 Å². The summed E-state index contributed by atoms with van der Waals surface area (Å²) in [6.07, 6.45) is 0.943. The third kappa shape index (κ3) is 6.63. The van der Waals surface area contributed by atoms with E-state index in [-0.39, 0.29) is 23.9 Å². The van der Waals surface area contributed by atoms with Gasteiger partial charge in [-0.25, -0.2) is 0 Å². The molecule has 1 aliphatic rings. The van der Waals surface area contributed by atoms with E-state index in [1.54, 1.807) is 7.11 Å². The normalized spacial score (nSPS) is 18.3. The summed E-state index contributed by atoms with van der Waals surface area (Å²) >= 11 is 0. The molecule has 1 heterocycles. The van der Waals surface area contributed by atoms with Gasteiger partial charge >= 0.3 is 0 Å². The Hall–Kier alpha value is -2.28. The van der Waals surface area contributed by atoms with Crippen LogP contribution in [-0.2, 0) is 4.79 Å². The summed E-state index contributed by atoms with van der Waals surface area (Å²) in [5.41, 5.74) is 1.20. The SMILES string of the molecule is CCNC(=NCC(c1ccc(OC)cc1)N(C)C)NC1CCN(C(=O)C(C)C)C1. The van der Waals surface area contributed by atoms with E-state index in [4.69, 9.17) is 9.73 Å². The highest BCUT2D eigenvalue weighted by atomic mass is 16.5. The maximum Gasteiger partial charge on any atom is 0.225 e. The second-order valence-electron chi connectivity index (χ2n) is 8.04. The van der Waals surface area contributed by atoms with Crippen LogP contribution >= 0.6 is 0 Å². The minimum Gasteiger partial charge on any atom is -0.497 e. The molecular weight excluding hydrogens is 366 g/mol. The molecule has 1 aromatic rings. The van der Waals surface area contributed by atoms with Crippen LogP contribution in [0.4, 0.5) is 0 Å². The van der Waals surface area contributed by atoms with E-state index < -0.39 is 0 Å². The van der Waals surface area contributed by atoms with Crippen molar-refractivity contribution in [3.63, 3.8) is 0 Å². The van der Waals surface area contributed by atoms with E-state index in [1.807, 2.05) is 30.9 Å². The number of benzene rings is 1. The standard InChI is InChI=1S/C22H37N5O2/c1-7-23-22(25-18-12-13-27(15-18)21(28)16(2)3)24-14-20(26(4)5)17-8-10-19(29-6)11-9-17/h8-11,16,18,20H,7,12-15H2,1-6H3,(H2,23,24,25). The Balaban J connectivity index is 2.03. The highest BCUT2D eigenvalue weighted by Gasteiger charge is 2.28. The van der Waals surface area contributed by atoms with Gasteiger partial charge in [-0.15, -0.1) is 0 Å². The number of likely N-dealkylation sites (N-methyl/N-ethyl adjacent to an activating group) is 1. The number of likely N-dealkylation sites (tertiary alicyclic amines) is 1. The molecule has 0 bridgehead atoms. The van der Waals surface area contributed by atoms with Crippen molar-refractivity contribution in [1.82, 2.24) is 20.4 Å². The molecule has 0 radical (unpaired) electrons. The molecule has 7 nitrogen and oxygen atoms in total. The lowest BCUT2D eigenvalue weighted by atomic mass is 10.1. The summed E-state index contributed by atoms with van der Waals surface area (Å²) in [5.74, 6) is 1.92. The molecule has 29 heavy (non-hydrogen) atoms. The van der Waals surface area contributed by atoms with Gasteiger partial charge in [0.1, 0.15) is 5.75 Å². The van der Waals surface area contributed by atoms with Crippen molar-refractivity contribution in [1.29, 1.82) is 0 Å². The number of guanidine groups is 1. The van der Waals surface area contributed by atoms with E-state index in [0.29, 0.717) is 6.54 Å². The highest BCUT2D eigenvalue weighted by molar-refractivity contribution is 5.81. The topological polar surface area (TPSA) is 69.2 Å². The first-order valence-electron chi connectivity index (χ1n) is 10.5. The zero-order valence-electron chi connectivity index (χ0n) is 18.7.